The van der Waals surface area contributed by atoms with E-state index >= 15 is 0 Å². The van der Waals surface area contributed by atoms with E-state index in [-0.39, 0.29) is 5.57 Å². The number of amides is 1. The summed E-state index contributed by atoms with van der Waals surface area (Å²) in [6.45, 7) is 8.91. The maximum absolute atomic E-state index is 14.0. The van der Waals surface area contributed by atoms with Gasteiger partial charge in [-0.3, -0.25) is 4.79 Å². The van der Waals surface area contributed by atoms with Crippen molar-refractivity contribution in [2.24, 2.45) is 0 Å². The number of halogens is 5. The highest BCUT2D eigenvalue weighted by Crippen LogP contribution is 2.31. The van der Waals surface area contributed by atoms with Gasteiger partial charge >= 0.3 is 5.97 Å². The van der Waals surface area contributed by atoms with Crippen molar-refractivity contribution in [1.29, 1.82) is 0 Å². The van der Waals surface area contributed by atoms with Crippen LogP contribution in [-0.2, 0) is 14.3 Å². The molecule has 0 saturated heterocycles. The minimum atomic E-state index is -2.40. The minimum absolute atomic E-state index is 0.238. The minimum Gasteiger partial charge on any atom is -0.444 e. The van der Waals surface area contributed by atoms with Gasteiger partial charge < -0.3 is 10.1 Å². The summed E-state index contributed by atoms with van der Waals surface area (Å²) in [5.74, 6) is -13.9. The summed E-state index contributed by atoms with van der Waals surface area (Å²) in [7, 11) is 0. The van der Waals surface area contributed by atoms with Crippen molar-refractivity contribution in [3.63, 3.8) is 0 Å². The molecule has 1 aromatic carbocycles. The molecule has 25 heavy (non-hydrogen) atoms. The van der Waals surface area contributed by atoms with Crippen LogP contribution in [-0.4, -0.2) is 17.4 Å². The second kappa shape index (κ2) is 7.20. The molecule has 0 radical (unpaired) electrons. The summed E-state index contributed by atoms with van der Waals surface area (Å²) in [6, 6.07) is 0. The van der Waals surface area contributed by atoms with Crippen molar-refractivity contribution in [3.8, 4) is 0 Å². The van der Waals surface area contributed by atoms with Crippen LogP contribution in [0.5, 0.6) is 0 Å². The molecule has 1 aromatic rings. The van der Waals surface area contributed by atoms with Crippen molar-refractivity contribution in [2.45, 2.75) is 39.3 Å². The number of rotatable bonds is 4. The van der Waals surface area contributed by atoms with Gasteiger partial charge in [0.2, 0.25) is 11.9 Å². The van der Waals surface area contributed by atoms with E-state index in [1.807, 2.05) is 0 Å². The zero-order valence-electron chi connectivity index (χ0n) is 13.9. The fraction of sp³-hybridized carbons (Fsp3) is 0.375. The quantitative estimate of drug-likeness (QED) is 0.292. The Bertz CT molecular complexity index is 711. The molecule has 138 valence electrons. The van der Waals surface area contributed by atoms with Crippen LogP contribution in [0.15, 0.2) is 12.2 Å². The average Bonchev–Trinajstić information content (AvgIpc) is 2.48. The highest BCUT2D eigenvalue weighted by molar-refractivity contribution is 5.91. The van der Waals surface area contributed by atoms with E-state index < -0.39 is 58.2 Å². The third kappa shape index (κ3) is 4.55. The lowest BCUT2D eigenvalue weighted by molar-refractivity contribution is -0.153. The standard InChI is InChI=1S/C16H16F5NO3/c1-6(2)15(24)25-13(14(23)22-16(3,4)5)7-8(17)10(19)12(21)11(20)9(7)18/h13H,1H2,2-5H3,(H,22,23). The fourth-order valence-electron chi connectivity index (χ4n) is 1.74. The van der Waals surface area contributed by atoms with Gasteiger partial charge in [-0.05, 0) is 27.7 Å². The second-order valence-corrected chi connectivity index (χ2v) is 6.29. The number of hydrogen-bond acceptors (Lipinski definition) is 3. The van der Waals surface area contributed by atoms with E-state index in [0.717, 1.165) is 0 Å². The number of ether oxygens (including phenoxy) is 1. The zero-order chi connectivity index (χ0) is 19.7. The Morgan fingerprint density at radius 3 is 1.72 bits per heavy atom. The molecule has 0 aliphatic rings. The molecular weight excluding hydrogens is 349 g/mol. The number of esters is 1. The van der Waals surface area contributed by atoms with Crippen LogP contribution in [0.2, 0.25) is 0 Å². The molecule has 0 saturated carbocycles. The third-order valence-electron chi connectivity index (χ3n) is 2.82. The van der Waals surface area contributed by atoms with Crippen LogP contribution in [0.4, 0.5) is 22.0 Å². The molecule has 0 aromatic heterocycles. The Morgan fingerprint density at radius 2 is 1.36 bits per heavy atom. The smallest absolute Gasteiger partial charge is 0.334 e. The molecule has 1 unspecified atom stereocenters. The SMILES string of the molecule is C=C(C)C(=O)OC(C(=O)NC(C)(C)C)c1c(F)c(F)c(F)c(F)c1F. The normalized spacial score (nSPS) is 12.5. The molecule has 1 rings (SSSR count). The zero-order valence-corrected chi connectivity index (χ0v) is 13.9. The highest BCUT2D eigenvalue weighted by atomic mass is 19.2. The lowest BCUT2D eigenvalue weighted by Crippen LogP contribution is -2.44. The maximum atomic E-state index is 14.0. The van der Waals surface area contributed by atoms with Crippen LogP contribution < -0.4 is 5.32 Å². The van der Waals surface area contributed by atoms with Gasteiger partial charge in [0, 0.05) is 11.1 Å². The topological polar surface area (TPSA) is 55.4 Å². The number of carbonyl (C=O) groups is 2. The summed E-state index contributed by atoms with van der Waals surface area (Å²) in [5.41, 5.74) is -2.74. The second-order valence-electron chi connectivity index (χ2n) is 6.29. The van der Waals surface area contributed by atoms with Crippen molar-refractivity contribution < 1.29 is 36.3 Å². The summed E-state index contributed by atoms with van der Waals surface area (Å²) in [4.78, 5) is 23.9. The molecular formula is C16H16F5NO3. The molecule has 4 nitrogen and oxygen atoms in total. The Balaban J connectivity index is 3.55. The average molecular weight is 365 g/mol. The van der Waals surface area contributed by atoms with Crippen LogP contribution in [0.1, 0.15) is 39.4 Å². The molecule has 0 aliphatic carbocycles. The van der Waals surface area contributed by atoms with Gasteiger partial charge in [-0.25, -0.2) is 26.7 Å². The number of nitrogens with one attached hydrogen (secondary N) is 1. The summed E-state index contributed by atoms with van der Waals surface area (Å²) >= 11 is 0. The van der Waals surface area contributed by atoms with Gasteiger partial charge in [0.05, 0.1) is 5.56 Å². The molecule has 1 atom stereocenters. The Morgan fingerprint density at radius 1 is 0.960 bits per heavy atom. The Kier molecular flexibility index (Phi) is 5.93. The lowest BCUT2D eigenvalue weighted by atomic mass is 10.0. The summed E-state index contributed by atoms with van der Waals surface area (Å²) < 4.78 is 72.6. The molecule has 1 N–H and O–H groups in total. The van der Waals surface area contributed by atoms with E-state index in [1.54, 1.807) is 0 Å². The molecule has 0 heterocycles. The molecule has 0 aliphatic heterocycles. The first-order valence-electron chi connectivity index (χ1n) is 6.97. The monoisotopic (exact) mass is 365 g/mol. The number of hydrogen-bond donors (Lipinski definition) is 1. The van der Waals surface area contributed by atoms with Gasteiger partial charge in [0.1, 0.15) is 0 Å². The number of benzene rings is 1. The fourth-order valence-corrected chi connectivity index (χ4v) is 1.74. The van der Waals surface area contributed by atoms with Gasteiger partial charge in [-0.1, -0.05) is 6.58 Å². The first-order valence-corrected chi connectivity index (χ1v) is 6.97. The van der Waals surface area contributed by atoms with E-state index in [2.05, 4.69) is 16.6 Å². The van der Waals surface area contributed by atoms with Crippen molar-refractivity contribution in [3.05, 3.63) is 46.8 Å². The van der Waals surface area contributed by atoms with E-state index in [0.29, 0.717) is 0 Å². The molecule has 0 fully saturated rings. The van der Waals surface area contributed by atoms with Crippen molar-refractivity contribution in [1.82, 2.24) is 5.32 Å². The van der Waals surface area contributed by atoms with Crippen LogP contribution in [0.25, 0.3) is 0 Å². The van der Waals surface area contributed by atoms with E-state index in [4.69, 9.17) is 0 Å². The van der Waals surface area contributed by atoms with Gasteiger partial charge in [-0.15, -0.1) is 0 Å². The maximum Gasteiger partial charge on any atom is 0.334 e. The predicted octanol–water partition coefficient (Wildman–Crippen LogP) is 3.46. The largest absolute Gasteiger partial charge is 0.444 e. The predicted molar refractivity (Wildman–Crippen MR) is 77.8 cm³/mol. The molecule has 9 heteroatoms. The summed E-state index contributed by atoms with van der Waals surface area (Å²) in [6.07, 6.45) is -2.40. The number of carbonyl (C=O) groups excluding carboxylic acids is 2. The van der Waals surface area contributed by atoms with Crippen LogP contribution >= 0.6 is 0 Å². The van der Waals surface area contributed by atoms with Crippen molar-refractivity contribution >= 4 is 11.9 Å². The van der Waals surface area contributed by atoms with Crippen LogP contribution in [0, 0.1) is 29.1 Å². The Hall–Kier alpha value is -2.45. The highest BCUT2D eigenvalue weighted by Gasteiger charge is 2.37. The van der Waals surface area contributed by atoms with E-state index in [1.165, 1.54) is 27.7 Å². The van der Waals surface area contributed by atoms with Crippen LogP contribution in [0.3, 0.4) is 0 Å². The lowest BCUT2D eigenvalue weighted by Gasteiger charge is -2.25. The van der Waals surface area contributed by atoms with E-state index in [9.17, 15) is 31.5 Å². The first-order chi connectivity index (χ1) is 11.3. The molecule has 0 bridgehead atoms. The van der Waals surface area contributed by atoms with Gasteiger partial charge in [0.15, 0.2) is 23.3 Å². The van der Waals surface area contributed by atoms with Crippen molar-refractivity contribution in [2.75, 3.05) is 0 Å². The first kappa shape index (κ1) is 20.6. The third-order valence-corrected chi connectivity index (χ3v) is 2.82. The molecule has 1 amide bonds. The van der Waals surface area contributed by atoms with Gasteiger partial charge in [-0.2, -0.15) is 0 Å². The summed E-state index contributed by atoms with van der Waals surface area (Å²) in [5, 5.41) is 2.25. The Labute approximate surface area is 140 Å². The van der Waals surface area contributed by atoms with Gasteiger partial charge in [0.25, 0.3) is 5.91 Å². The molecule has 0 spiro atoms.